The number of aliphatic hydroxyl groups is 1. The van der Waals surface area contributed by atoms with Crippen LogP contribution in [0, 0.1) is 0 Å². The molecule has 0 unspecified atom stereocenters. The molecule has 1 amide bonds. The molecule has 1 saturated carbocycles. The molecule has 1 aliphatic rings. The van der Waals surface area contributed by atoms with Crippen molar-refractivity contribution in [3.05, 3.63) is 30.3 Å². The van der Waals surface area contributed by atoms with E-state index in [4.69, 9.17) is 0 Å². The molecule has 4 heteroatoms. The van der Waals surface area contributed by atoms with Crippen LogP contribution >= 0.6 is 0 Å². The van der Waals surface area contributed by atoms with Crippen LogP contribution in [0.3, 0.4) is 0 Å². The Morgan fingerprint density at radius 3 is 2.62 bits per heavy atom. The van der Waals surface area contributed by atoms with E-state index in [1.165, 1.54) is 12.8 Å². The fourth-order valence-corrected chi connectivity index (χ4v) is 2.80. The highest BCUT2D eigenvalue weighted by Gasteiger charge is 2.20. The number of benzene rings is 1. The Bertz CT molecular complexity index is 430. The molecule has 0 bridgehead atoms. The highest BCUT2D eigenvalue weighted by molar-refractivity contribution is 5.81. The number of nitrogens with zero attached hydrogens (tertiary/aromatic N) is 1. The van der Waals surface area contributed by atoms with Crippen molar-refractivity contribution < 1.29 is 9.90 Å². The van der Waals surface area contributed by atoms with Gasteiger partial charge >= 0.3 is 0 Å². The van der Waals surface area contributed by atoms with Crippen LogP contribution in [0.15, 0.2) is 30.3 Å². The third-order valence-corrected chi connectivity index (χ3v) is 4.08. The quantitative estimate of drug-likeness (QED) is 0.810. The van der Waals surface area contributed by atoms with Gasteiger partial charge in [-0.1, -0.05) is 38.0 Å². The van der Waals surface area contributed by atoms with Crippen LogP contribution in [0.25, 0.3) is 0 Å². The molecule has 116 valence electrons. The van der Waals surface area contributed by atoms with Gasteiger partial charge in [0, 0.05) is 18.3 Å². The van der Waals surface area contributed by atoms with Gasteiger partial charge in [-0.2, -0.15) is 0 Å². The Labute approximate surface area is 127 Å². The standard InChI is InChI=1S/C17H26N2O2/c1-2-16(20)12-19(15-10-4-3-5-11-15)13-17(21)18-14-8-6-7-9-14/h3-5,10-11,14,16,20H,2,6-9,12-13H2,1H3,(H,18,21)/t16-/m1/s1. The van der Waals surface area contributed by atoms with Gasteiger partial charge in [0.15, 0.2) is 0 Å². The number of para-hydroxylation sites is 1. The maximum Gasteiger partial charge on any atom is 0.239 e. The predicted octanol–water partition coefficient (Wildman–Crippen LogP) is 2.32. The molecule has 1 aromatic carbocycles. The lowest BCUT2D eigenvalue weighted by Crippen LogP contribution is -2.43. The molecule has 0 aliphatic heterocycles. The molecular weight excluding hydrogens is 264 g/mol. The lowest BCUT2D eigenvalue weighted by molar-refractivity contribution is -0.120. The van der Waals surface area contributed by atoms with Gasteiger partial charge in [0.2, 0.25) is 5.91 Å². The topological polar surface area (TPSA) is 52.6 Å². The van der Waals surface area contributed by atoms with Crippen LogP contribution in [0.5, 0.6) is 0 Å². The van der Waals surface area contributed by atoms with Gasteiger partial charge in [0.25, 0.3) is 0 Å². The molecule has 0 heterocycles. The molecule has 1 aliphatic carbocycles. The van der Waals surface area contributed by atoms with Gasteiger partial charge < -0.3 is 15.3 Å². The number of carbonyl (C=O) groups excluding carboxylic acids is 1. The van der Waals surface area contributed by atoms with Crippen LogP contribution in [0.1, 0.15) is 39.0 Å². The second-order valence-electron chi connectivity index (χ2n) is 5.83. The number of nitrogens with one attached hydrogen (secondary N) is 1. The molecule has 0 spiro atoms. The summed E-state index contributed by atoms with van der Waals surface area (Å²) in [4.78, 5) is 14.2. The van der Waals surface area contributed by atoms with E-state index in [0.29, 0.717) is 25.6 Å². The number of hydrogen-bond donors (Lipinski definition) is 2. The molecule has 21 heavy (non-hydrogen) atoms. The van der Waals surface area contributed by atoms with Gasteiger partial charge in [0.05, 0.1) is 12.6 Å². The summed E-state index contributed by atoms with van der Waals surface area (Å²) in [5.74, 6) is 0.0501. The molecule has 4 nitrogen and oxygen atoms in total. The smallest absolute Gasteiger partial charge is 0.239 e. The Morgan fingerprint density at radius 1 is 1.33 bits per heavy atom. The van der Waals surface area contributed by atoms with Crippen molar-refractivity contribution >= 4 is 11.6 Å². The summed E-state index contributed by atoms with van der Waals surface area (Å²) in [5, 5.41) is 13.0. The third-order valence-electron chi connectivity index (χ3n) is 4.08. The third kappa shape index (κ3) is 5.05. The molecule has 0 aromatic heterocycles. The largest absolute Gasteiger partial charge is 0.391 e. The van der Waals surface area contributed by atoms with Crippen molar-refractivity contribution in [2.75, 3.05) is 18.0 Å². The Balaban J connectivity index is 1.96. The van der Waals surface area contributed by atoms with E-state index in [0.717, 1.165) is 18.5 Å². The number of amides is 1. The molecule has 1 atom stereocenters. The van der Waals surface area contributed by atoms with Crippen molar-refractivity contribution in [2.24, 2.45) is 0 Å². The second-order valence-corrected chi connectivity index (χ2v) is 5.83. The average Bonchev–Trinajstić information content (AvgIpc) is 3.00. The zero-order valence-electron chi connectivity index (χ0n) is 12.8. The Hall–Kier alpha value is -1.55. The van der Waals surface area contributed by atoms with Gasteiger partial charge in [-0.15, -0.1) is 0 Å². The van der Waals surface area contributed by atoms with E-state index in [2.05, 4.69) is 5.32 Å². The van der Waals surface area contributed by atoms with E-state index in [1.807, 2.05) is 42.2 Å². The molecule has 1 fully saturated rings. The highest BCUT2D eigenvalue weighted by atomic mass is 16.3. The lowest BCUT2D eigenvalue weighted by atomic mass is 10.2. The first-order valence-corrected chi connectivity index (χ1v) is 7.96. The summed E-state index contributed by atoms with van der Waals surface area (Å²) >= 11 is 0. The van der Waals surface area contributed by atoms with E-state index in [1.54, 1.807) is 0 Å². The maximum atomic E-state index is 12.2. The lowest BCUT2D eigenvalue weighted by Gasteiger charge is -2.27. The average molecular weight is 290 g/mol. The fraction of sp³-hybridized carbons (Fsp3) is 0.588. The maximum absolute atomic E-state index is 12.2. The molecule has 0 radical (unpaired) electrons. The minimum Gasteiger partial charge on any atom is -0.391 e. The summed E-state index contributed by atoms with van der Waals surface area (Å²) in [6, 6.07) is 10.2. The Kier molecular flexibility index (Phi) is 6.05. The molecule has 1 aromatic rings. The SMILES string of the molecule is CC[C@@H](O)CN(CC(=O)NC1CCCC1)c1ccccc1. The zero-order valence-corrected chi connectivity index (χ0v) is 12.8. The van der Waals surface area contributed by atoms with Crippen LogP contribution in [-0.4, -0.2) is 36.2 Å². The summed E-state index contributed by atoms with van der Waals surface area (Å²) in [5.41, 5.74) is 0.978. The van der Waals surface area contributed by atoms with E-state index in [9.17, 15) is 9.90 Å². The van der Waals surface area contributed by atoms with Crippen molar-refractivity contribution in [3.8, 4) is 0 Å². The fourth-order valence-electron chi connectivity index (χ4n) is 2.80. The zero-order chi connectivity index (χ0) is 15.1. The first-order chi connectivity index (χ1) is 10.2. The Morgan fingerprint density at radius 2 is 2.00 bits per heavy atom. The first-order valence-electron chi connectivity index (χ1n) is 7.96. The minimum atomic E-state index is -0.413. The summed E-state index contributed by atoms with van der Waals surface area (Å²) < 4.78 is 0. The first kappa shape index (κ1) is 15.8. The van der Waals surface area contributed by atoms with Gasteiger partial charge in [-0.3, -0.25) is 4.79 Å². The van der Waals surface area contributed by atoms with Crippen molar-refractivity contribution in [1.82, 2.24) is 5.32 Å². The van der Waals surface area contributed by atoms with Gasteiger partial charge in [0.1, 0.15) is 0 Å². The normalized spacial score (nSPS) is 16.7. The predicted molar refractivity (Wildman–Crippen MR) is 85.4 cm³/mol. The highest BCUT2D eigenvalue weighted by Crippen LogP contribution is 2.18. The van der Waals surface area contributed by atoms with Crippen LogP contribution in [0.2, 0.25) is 0 Å². The second kappa shape index (κ2) is 8.03. The summed E-state index contributed by atoms with van der Waals surface area (Å²) in [7, 11) is 0. The monoisotopic (exact) mass is 290 g/mol. The van der Waals surface area contributed by atoms with Crippen molar-refractivity contribution in [1.29, 1.82) is 0 Å². The van der Waals surface area contributed by atoms with Crippen LogP contribution in [0.4, 0.5) is 5.69 Å². The molecular formula is C17H26N2O2. The van der Waals surface area contributed by atoms with E-state index in [-0.39, 0.29) is 5.91 Å². The minimum absolute atomic E-state index is 0.0501. The molecule has 0 saturated heterocycles. The molecule has 2 rings (SSSR count). The number of carbonyl (C=O) groups is 1. The summed E-state index contributed by atoms with van der Waals surface area (Å²) in [6.07, 6.45) is 4.88. The summed E-state index contributed by atoms with van der Waals surface area (Å²) in [6.45, 7) is 2.74. The molecule has 2 N–H and O–H groups in total. The number of hydrogen-bond acceptors (Lipinski definition) is 3. The number of anilines is 1. The number of rotatable bonds is 7. The van der Waals surface area contributed by atoms with Crippen molar-refractivity contribution in [2.45, 2.75) is 51.2 Å². The van der Waals surface area contributed by atoms with Gasteiger partial charge in [-0.05, 0) is 31.4 Å². The van der Waals surface area contributed by atoms with E-state index >= 15 is 0 Å². The number of aliphatic hydroxyl groups excluding tert-OH is 1. The van der Waals surface area contributed by atoms with Crippen LogP contribution in [-0.2, 0) is 4.79 Å². The van der Waals surface area contributed by atoms with Crippen LogP contribution < -0.4 is 10.2 Å². The van der Waals surface area contributed by atoms with Gasteiger partial charge in [-0.25, -0.2) is 0 Å². The van der Waals surface area contributed by atoms with E-state index < -0.39 is 6.10 Å². The van der Waals surface area contributed by atoms with Crippen molar-refractivity contribution in [3.63, 3.8) is 0 Å².